The van der Waals surface area contributed by atoms with Crippen LogP contribution < -0.4 is 20.9 Å². The number of rotatable bonds is 3. The van der Waals surface area contributed by atoms with Gasteiger partial charge in [-0.05, 0) is 36.1 Å². The average Bonchev–Trinajstić information content (AvgIpc) is 2.52. The first kappa shape index (κ1) is 15.1. The molecule has 1 fully saturated rings. The first-order valence-corrected chi connectivity index (χ1v) is 7.32. The van der Waals surface area contributed by atoms with E-state index in [-0.39, 0.29) is 11.9 Å². The van der Waals surface area contributed by atoms with E-state index in [9.17, 15) is 4.79 Å². The predicted molar refractivity (Wildman–Crippen MR) is 81.5 cm³/mol. The van der Waals surface area contributed by atoms with Crippen molar-refractivity contribution < 1.29 is 14.3 Å². The molecule has 0 saturated carbocycles. The maximum atomic E-state index is 12.4. The number of ether oxygens (including phenoxy) is 2. The van der Waals surface area contributed by atoms with Crippen molar-refractivity contribution in [1.29, 1.82) is 0 Å². The first-order chi connectivity index (χ1) is 10.5. The third-order valence-electron chi connectivity index (χ3n) is 4.71. The van der Waals surface area contributed by atoms with Crippen LogP contribution in [0.4, 0.5) is 0 Å². The van der Waals surface area contributed by atoms with Crippen molar-refractivity contribution in [3.05, 3.63) is 29.7 Å². The van der Waals surface area contributed by atoms with Gasteiger partial charge in [-0.15, -0.1) is 0 Å². The minimum Gasteiger partial charge on any atom is -0.493 e. The van der Waals surface area contributed by atoms with E-state index >= 15 is 0 Å². The van der Waals surface area contributed by atoms with E-state index < -0.39 is 5.54 Å². The standard InChI is InChI=1S/C16H21N3O3/c1-21-13-7-10-3-5-19-6-4-11(17)9-16(19,15(18)20)12(10)8-14(13)22-2/h7-8,11H,3,5-6,9,17H2,1-2H3,(H2,18,20). The van der Waals surface area contributed by atoms with Gasteiger partial charge >= 0.3 is 0 Å². The molecule has 0 aromatic heterocycles. The second-order valence-electron chi connectivity index (χ2n) is 5.78. The van der Waals surface area contributed by atoms with Crippen LogP contribution in [0.1, 0.15) is 17.5 Å². The first-order valence-electron chi connectivity index (χ1n) is 7.32. The molecule has 0 aliphatic carbocycles. The van der Waals surface area contributed by atoms with Gasteiger partial charge in [0.1, 0.15) is 5.54 Å². The minimum absolute atomic E-state index is 0.275. The van der Waals surface area contributed by atoms with Gasteiger partial charge in [0, 0.05) is 25.6 Å². The highest BCUT2D eigenvalue weighted by atomic mass is 16.5. The number of carbonyl (C=O) groups is 1. The second-order valence-corrected chi connectivity index (χ2v) is 5.78. The van der Waals surface area contributed by atoms with Crippen molar-refractivity contribution in [3.63, 3.8) is 0 Å². The molecule has 1 saturated heterocycles. The SMILES string of the molecule is COc1cc2c(cc1OC)C1(C(N)=O)CC(N)[C]CN1CC2. The average molecular weight is 303 g/mol. The van der Waals surface area contributed by atoms with E-state index in [1.165, 1.54) is 0 Å². The van der Waals surface area contributed by atoms with Crippen molar-refractivity contribution >= 4 is 5.91 Å². The lowest BCUT2D eigenvalue weighted by Crippen LogP contribution is -2.63. The summed E-state index contributed by atoms with van der Waals surface area (Å²) in [5.74, 6) is 0.876. The minimum atomic E-state index is -0.891. The summed E-state index contributed by atoms with van der Waals surface area (Å²) in [5, 5.41) is 0. The largest absolute Gasteiger partial charge is 0.493 e. The fourth-order valence-corrected chi connectivity index (χ4v) is 3.59. The van der Waals surface area contributed by atoms with Crippen molar-refractivity contribution in [2.24, 2.45) is 11.5 Å². The molecular weight excluding hydrogens is 282 g/mol. The number of nitrogens with zero attached hydrogens (tertiary/aromatic N) is 1. The molecule has 2 heterocycles. The number of amides is 1. The summed E-state index contributed by atoms with van der Waals surface area (Å²) in [5.41, 5.74) is 12.9. The van der Waals surface area contributed by atoms with Crippen molar-refractivity contribution in [1.82, 2.24) is 4.90 Å². The van der Waals surface area contributed by atoms with Gasteiger partial charge in [-0.1, -0.05) is 0 Å². The molecule has 118 valence electrons. The van der Waals surface area contributed by atoms with Gasteiger partial charge in [0.2, 0.25) is 5.91 Å². The van der Waals surface area contributed by atoms with Gasteiger partial charge in [-0.3, -0.25) is 9.69 Å². The van der Waals surface area contributed by atoms with Crippen LogP contribution in [-0.2, 0) is 16.8 Å². The van der Waals surface area contributed by atoms with E-state index in [2.05, 4.69) is 11.3 Å². The number of fused-ring (bicyclic) bond motifs is 3. The number of piperidine rings is 1. The van der Waals surface area contributed by atoms with Crippen LogP contribution in [0, 0.1) is 6.42 Å². The molecule has 0 spiro atoms. The highest BCUT2D eigenvalue weighted by molar-refractivity contribution is 5.88. The van der Waals surface area contributed by atoms with E-state index in [0.29, 0.717) is 24.5 Å². The molecule has 3 rings (SSSR count). The summed E-state index contributed by atoms with van der Waals surface area (Å²) in [7, 11) is 3.18. The third-order valence-corrected chi connectivity index (χ3v) is 4.71. The zero-order valence-corrected chi connectivity index (χ0v) is 12.9. The monoisotopic (exact) mass is 303 g/mol. The number of primary amides is 1. The quantitative estimate of drug-likeness (QED) is 0.823. The van der Waals surface area contributed by atoms with Gasteiger partial charge in [0.25, 0.3) is 0 Å². The van der Waals surface area contributed by atoms with Gasteiger partial charge in [0.15, 0.2) is 11.5 Å². The Morgan fingerprint density at radius 3 is 2.68 bits per heavy atom. The molecule has 2 unspecified atom stereocenters. The Hall–Kier alpha value is -1.79. The van der Waals surface area contributed by atoms with Crippen LogP contribution in [0.15, 0.2) is 12.1 Å². The molecule has 0 bridgehead atoms. The number of nitrogens with two attached hydrogens (primary N) is 2. The lowest BCUT2D eigenvalue weighted by molar-refractivity contribution is -0.133. The maximum Gasteiger partial charge on any atom is 0.242 e. The summed E-state index contributed by atoms with van der Waals surface area (Å²) in [4.78, 5) is 14.5. The highest BCUT2D eigenvalue weighted by Gasteiger charge is 2.51. The molecule has 22 heavy (non-hydrogen) atoms. The molecule has 2 aliphatic heterocycles. The maximum absolute atomic E-state index is 12.4. The normalized spacial score (nSPS) is 27.7. The Morgan fingerprint density at radius 2 is 2.05 bits per heavy atom. The van der Waals surface area contributed by atoms with E-state index in [0.717, 1.165) is 24.1 Å². The number of benzene rings is 1. The second kappa shape index (κ2) is 5.44. The topological polar surface area (TPSA) is 90.8 Å². The van der Waals surface area contributed by atoms with E-state index in [1.54, 1.807) is 14.2 Å². The fourth-order valence-electron chi connectivity index (χ4n) is 3.59. The van der Waals surface area contributed by atoms with Crippen LogP contribution in [0.25, 0.3) is 0 Å². The Kier molecular flexibility index (Phi) is 3.74. The summed E-state index contributed by atoms with van der Waals surface area (Å²) >= 11 is 0. The van der Waals surface area contributed by atoms with Gasteiger partial charge in [0.05, 0.1) is 14.2 Å². The fraction of sp³-hybridized carbons (Fsp3) is 0.500. The molecular formula is C16H21N3O3. The molecule has 2 radical (unpaired) electrons. The summed E-state index contributed by atoms with van der Waals surface area (Å²) in [6, 6.07) is 3.52. The van der Waals surface area contributed by atoms with Crippen LogP contribution in [-0.4, -0.2) is 44.2 Å². The summed E-state index contributed by atoms with van der Waals surface area (Å²) in [6.45, 7) is 1.28. The molecule has 4 N–H and O–H groups in total. The molecule has 2 aliphatic rings. The molecule has 1 aromatic rings. The zero-order chi connectivity index (χ0) is 15.9. The number of hydrogen-bond acceptors (Lipinski definition) is 5. The lowest BCUT2D eigenvalue weighted by Gasteiger charge is -2.50. The van der Waals surface area contributed by atoms with Crippen molar-refractivity contribution in [2.75, 3.05) is 27.3 Å². The zero-order valence-electron chi connectivity index (χ0n) is 12.9. The van der Waals surface area contributed by atoms with Crippen LogP contribution in [0.2, 0.25) is 0 Å². The van der Waals surface area contributed by atoms with Crippen LogP contribution in [0.5, 0.6) is 11.5 Å². The van der Waals surface area contributed by atoms with Crippen molar-refractivity contribution in [2.45, 2.75) is 24.4 Å². The van der Waals surface area contributed by atoms with Gasteiger partial charge < -0.3 is 20.9 Å². The van der Waals surface area contributed by atoms with E-state index in [4.69, 9.17) is 20.9 Å². The van der Waals surface area contributed by atoms with Gasteiger partial charge in [-0.25, -0.2) is 0 Å². The van der Waals surface area contributed by atoms with Crippen molar-refractivity contribution in [3.8, 4) is 11.5 Å². The van der Waals surface area contributed by atoms with Crippen LogP contribution >= 0.6 is 0 Å². The number of methoxy groups -OCH3 is 2. The Morgan fingerprint density at radius 1 is 1.36 bits per heavy atom. The number of carbonyl (C=O) groups excluding carboxylic acids is 1. The molecule has 6 nitrogen and oxygen atoms in total. The predicted octanol–water partition coefficient (Wildman–Crippen LogP) is 0.0548. The molecule has 6 heteroatoms. The lowest BCUT2D eigenvalue weighted by atomic mass is 9.73. The Balaban J connectivity index is 2.20. The summed E-state index contributed by atoms with van der Waals surface area (Å²) in [6.07, 6.45) is 4.44. The summed E-state index contributed by atoms with van der Waals surface area (Å²) < 4.78 is 10.8. The van der Waals surface area contributed by atoms with Gasteiger partial charge in [-0.2, -0.15) is 0 Å². The van der Waals surface area contributed by atoms with E-state index in [1.807, 2.05) is 12.1 Å². The smallest absolute Gasteiger partial charge is 0.242 e. The molecule has 2 atom stereocenters. The Labute approximate surface area is 130 Å². The highest BCUT2D eigenvalue weighted by Crippen LogP contribution is 2.45. The molecule has 1 amide bonds. The Bertz CT molecular complexity index is 605. The number of hydrogen-bond donors (Lipinski definition) is 2. The van der Waals surface area contributed by atoms with Crippen LogP contribution in [0.3, 0.4) is 0 Å². The molecule has 1 aromatic carbocycles. The third kappa shape index (κ3) is 2.06.